The monoisotopic (exact) mass is 374 g/mol. The Morgan fingerprint density at radius 1 is 1.14 bits per heavy atom. The number of para-hydroxylation sites is 2. The number of benzene rings is 2. The molecule has 110 valence electrons. The highest BCUT2D eigenvalue weighted by atomic mass is 79.9. The average Bonchev–Trinajstić information content (AvgIpc) is 2.40. The number of nitro benzene ring substituents is 1. The second kappa shape index (κ2) is 5.78. The molecular formula is C12H8BrFN2O4S. The number of nitrogens with zero attached hydrogens (tertiary/aromatic N) is 1. The first-order valence-electron chi connectivity index (χ1n) is 5.53. The first kappa shape index (κ1) is 15.4. The van der Waals surface area contributed by atoms with Crippen molar-refractivity contribution in [1.82, 2.24) is 0 Å². The quantitative estimate of drug-likeness (QED) is 0.656. The Hall–Kier alpha value is -2.00. The molecule has 2 aromatic carbocycles. The Morgan fingerprint density at radius 2 is 1.81 bits per heavy atom. The molecule has 0 heterocycles. The van der Waals surface area contributed by atoms with Gasteiger partial charge < -0.3 is 0 Å². The zero-order chi connectivity index (χ0) is 15.6. The van der Waals surface area contributed by atoms with Crippen molar-refractivity contribution in [3.05, 3.63) is 62.9 Å². The van der Waals surface area contributed by atoms with Crippen molar-refractivity contribution >= 4 is 37.3 Å². The molecule has 1 N–H and O–H groups in total. The van der Waals surface area contributed by atoms with Crippen LogP contribution in [0.25, 0.3) is 0 Å². The summed E-state index contributed by atoms with van der Waals surface area (Å²) in [7, 11) is -4.30. The van der Waals surface area contributed by atoms with Gasteiger partial charge in [0.05, 0.1) is 10.6 Å². The minimum atomic E-state index is -4.30. The molecule has 0 atom stereocenters. The van der Waals surface area contributed by atoms with Gasteiger partial charge in [-0.2, -0.15) is 4.39 Å². The van der Waals surface area contributed by atoms with E-state index < -0.39 is 31.3 Å². The van der Waals surface area contributed by atoms with Gasteiger partial charge >= 0.3 is 5.69 Å². The maximum Gasteiger partial charge on any atom is 0.325 e. The van der Waals surface area contributed by atoms with Crippen molar-refractivity contribution in [1.29, 1.82) is 0 Å². The van der Waals surface area contributed by atoms with Gasteiger partial charge in [0.15, 0.2) is 4.90 Å². The molecule has 0 fully saturated rings. The molecule has 0 aliphatic rings. The van der Waals surface area contributed by atoms with Crippen LogP contribution in [0.4, 0.5) is 15.8 Å². The SMILES string of the molecule is O=[N+]([O-])c1c(F)cccc1S(=O)(=O)Nc1ccccc1Br. The number of anilines is 1. The van der Waals surface area contributed by atoms with E-state index in [0.717, 1.165) is 18.2 Å². The molecule has 0 amide bonds. The van der Waals surface area contributed by atoms with Crippen LogP contribution in [0.3, 0.4) is 0 Å². The third-order valence-corrected chi connectivity index (χ3v) is 4.63. The topological polar surface area (TPSA) is 89.3 Å². The highest BCUT2D eigenvalue weighted by Gasteiger charge is 2.29. The van der Waals surface area contributed by atoms with Gasteiger partial charge in [-0.3, -0.25) is 14.8 Å². The van der Waals surface area contributed by atoms with Gasteiger partial charge in [-0.15, -0.1) is 0 Å². The van der Waals surface area contributed by atoms with Crippen molar-refractivity contribution in [2.75, 3.05) is 4.72 Å². The fourth-order valence-electron chi connectivity index (χ4n) is 1.63. The molecule has 6 nitrogen and oxygen atoms in total. The Bertz CT molecular complexity index is 811. The number of nitro groups is 1. The van der Waals surface area contributed by atoms with Gasteiger partial charge in [-0.25, -0.2) is 8.42 Å². The van der Waals surface area contributed by atoms with Crippen LogP contribution in [-0.4, -0.2) is 13.3 Å². The Labute approximate surface area is 127 Å². The van der Waals surface area contributed by atoms with Gasteiger partial charge in [0.1, 0.15) is 0 Å². The van der Waals surface area contributed by atoms with Crippen LogP contribution in [0.15, 0.2) is 51.8 Å². The van der Waals surface area contributed by atoms with E-state index in [1.165, 1.54) is 6.07 Å². The third-order valence-electron chi connectivity index (χ3n) is 2.54. The van der Waals surface area contributed by atoms with Gasteiger partial charge in [0.25, 0.3) is 10.0 Å². The van der Waals surface area contributed by atoms with Crippen molar-refractivity contribution in [3.63, 3.8) is 0 Å². The van der Waals surface area contributed by atoms with Crippen LogP contribution in [0.5, 0.6) is 0 Å². The molecule has 0 aliphatic carbocycles. The summed E-state index contributed by atoms with van der Waals surface area (Å²) in [4.78, 5) is 9.07. The van der Waals surface area contributed by atoms with E-state index in [2.05, 4.69) is 20.7 Å². The lowest BCUT2D eigenvalue weighted by molar-refractivity contribution is -0.390. The lowest BCUT2D eigenvalue weighted by atomic mass is 10.3. The van der Waals surface area contributed by atoms with E-state index in [9.17, 15) is 22.9 Å². The molecular weight excluding hydrogens is 367 g/mol. The predicted molar refractivity (Wildman–Crippen MR) is 78.0 cm³/mol. The molecule has 0 saturated heterocycles. The fourth-order valence-corrected chi connectivity index (χ4v) is 3.41. The molecule has 2 rings (SSSR count). The summed E-state index contributed by atoms with van der Waals surface area (Å²) in [5.41, 5.74) is -0.895. The van der Waals surface area contributed by atoms with Crippen molar-refractivity contribution in [3.8, 4) is 0 Å². The Kier molecular flexibility index (Phi) is 4.24. The highest BCUT2D eigenvalue weighted by Crippen LogP contribution is 2.30. The Balaban J connectivity index is 2.53. The smallest absolute Gasteiger partial charge is 0.278 e. The summed E-state index contributed by atoms with van der Waals surface area (Å²) in [5, 5.41) is 10.9. The van der Waals surface area contributed by atoms with Gasteiger partial charge in [0, 0.05) is 4.47 Å². The van der Waals surface area contributed by atoms with Crippen LogP contribution in [-0.2, 0) is 10.0 Å². The summed E-state index contributed by atoms with van der Waals surface area (Å²) in [5.74, 6) is -1.21. The molecule has 0 aromatic heterocycles. The van der Waals surface area contributed by atoms with Crippen molar-refractivity contribution < 1.29 is 17.7 Å². The summed E-state index contributed by atoms with van der Waals surface area (Å²) in [6.45, 7) is 0. The van der Waals surface area contributed by atoms with Crippen LogP contribution in [0.1, 0.15) is 0 Å². The maximum absolute atomic E-state index is 13.5. The molecule has 9 heteroatoms. The number of halogens is 2. The molecule has 21 heavy (non-hydrogen) atoms. The minimum Gasteiger partial charge on any atom is -0.278 e. The zero-order valence-electron chi connectivity index (χ0n) is 10.3. The lowest BCUT2D eigenvalue weighted by Gasteiger charge is -2.10. The fraction of sp³-hybridized carbons (Fsp3) is 0. The summed E-state index contributed by atoms with van der Waals surface area (Å²) < 4.78 is 40.6. The summed E-state index contributed by atoms with van der Waals surface area (Å²) in [6.07, 6.45) is 0. The average molecular weight is 375 g/mol. The van der Waals surface area contributed by atoms with Crippen LogP contribution >= 0.6 is 15.9 Å². The van der Waals surface area contributed by atoms with E-state index in [4.69, 9.17) is 0 Å². The second-order valence-corrected chi connectivity index (χ2v) is 6.43. The van der Waals surface area contributed by atoms with Crippen molar-refractivity contribution in [2.24, 2.45) is 0 Å². The molecule has 2 aromatic rings. The van der Waals surface area contributed by atoms with Crippen LogP contribution in [0.2, 0.25) is 0 Å². The molecule has 0 radical (unpaired) electrons. The van der Waals surface area contributed by atoms with E-state index in [-0.39, 0.29) is 5.69 Å². The molecule has 0 saturated carbocycles. The first-order chi connectivity index (χ1) is 9.83. The van der Waals surface area contributed by atoms with Crippen molar-refractivity contribution in [2.45, 2.75) is 4.90 Å². The second-order valence-electron chi connectivity index (χ2n) is 3.93. The largest absolute Gasteiger partial charge is 0.325 e. The van der Waals surface area contributed by atoms with Crippen LogP contribution < -0.4 is 4.72 Å². The number of nitrogens with one attached hydrogen (secondary N) is 1. The standard InChI is InChI=1S/C12H8BrFN2O4S/c13-8-4-1-2-6-10(8)15-21(19,20)11-7-3-5-9(14)12(11)16(17)18/h1-7,15H. The molecule has 0 bridgehead atoms. The summed E-state index contributed by atoms with van der Waals surface area (Å²) in [6, 6.07) is 9.21. The maximum atomic E-state index is 13.5. The number of rotatable bonds is 4. The van der Waals surface area contributed by atoms with Gasteiger partial charge in [0.2, 0.25) is 5.82 Å². The normalized spacial score (nSPS) is 11.1. The number of sulfonamides is 1. The van der Waals surface area contributed by atoms with Gasteiger partial charge in [-0.1, -0.05) is 18.2 Å². The molecule has 0 unspecified atom stereocenters. The minimum absolute atomic E-state index is 0.191. The summed E-state index contributed by atoms with van der Waals surface area (Å²) >= 11 is 3.15. The first-order valence-corrected chi connectivity index (χ1v) is 7.81. The van der Waals surface area contributed by atoms with E-state index in [0.29, 0.717) is 4.47 Å². The Morgan fingerprint density at radius 3 is 2.43 bits per heavy atom. The third kappa shape index (κ3) is 3.19. The van der Waals surface area contributed by atoms with E-state index >= 15 is 0 Å². The van der Waals surface area contributed by atoms with E-state index in [1.54, 1.807) is 18.2 Å². The lowest BCUT2D eigenvalue weighted by Crippen LogP contribution is -2.15. The van der Waals surface area contributed by atoms with Gasteiger partial charge in [-0.05, 0) is 40.2 Å². The van der Waals surface area contributed by atoms with E-state index in [1.807, 2.05) is 0 Å². The predicted octanol–water partition coefficient (Wildman–Crippen LogP) is 3.30. The molecule has 0 spiro atoms. The van der Waals surface area contributed by atoms with Crippen LogP contribution in [0, 0.1) is 15.9 Å². The zero-order valence-corrected chi connectivity index (χ0v) is 12.7. The molecule has 0 aliphatic heterocycles. The number of hydrogen-bond acceptors (Lipinski definition) is 4. The number of hydrogen-bond donors (Lipinski definition) is 1. The highest BCUT2D eigenvalue weighted by molar-refractivity contribution is 9.10.